The fourth-order valence-corrected chi connectivity index (χ4v) is 1.30. The molecule has 18 heavy (non-hydrogen) atoms. The Labute approximate surface area is 107 Å². The molecule has 1 aromatic rings. The van der Waals surface area contributed by atoms with Gasteiger partial charge in [0, 0.05) is 26.6 Å². The third kappa shape index (κ3) is 4.86. The number of carbonyl (C=O) groups excluding carboxylic acids is 2. The lowest BCUT2D eigenvalue weighted by Crippen LogP contribution is -2.28. The molecule has 0 saturated carbocycles. The van der Waals surface area contributed by atoms with Crippen molar-refractivity contribution < 1.29 is 14.3 Å². The van der Waals surface area contributed by atoms with Gasteiger partial charge in [-0.05, 0) is 24.3 Å². The van der Waals surface area contributed by atoms with Crippen molar-refractivity contribution in [3.8, 4) is 5.75 Å². The molecule has 0 atom stereocenters. The molecule has 5 heteroatoms. The monoisotopic (exact) mass is 250 g/mol. The zero-order valence-corrected chi connectivity index (χ0v) is 10.9. The highest BCUT2D eigenvalue weighted by atomic mass is 16.5. The van der Waals surface area contributed by atoms with Gasteiger partial charge in [0.2, 0.25) is 11.8 Å². The van der Waals surface area contributed by atoms with Crippen molar-refractivity contribution in [2.24, 2.45) is 0 Å². The molecule has 0 radical (unpaired) electrons. The molecule has 0 aliphatic rings. The van der Waals surface area contributed by atoms with Crippen LogP contribution in [0.25, 0.3) is 0 Å². The molecular formula is C13H18N2O3. The zero-order chi connectivity index (χ0) is 13.5. The van der Waals surface area contributed by atoms with E-state index in [0.717, 1.165) is 5.69 Å². The van der Waals surface area contributed by atoms with Gasteiger partial charge in [0.05, 0.1) is 6.54 Å². The summed E-state index contributed by atoms with van der Waals surface area (Å²) in [6.45, 7) is 3.96. The molecule has 0 bridgehead atoms. The van der Waals surface area contributed by atoms with Crippen molar-refractivity contribution in [1.29, 1.82) is 0 Å². The number of ether oxygens (including phenoxy) is 1. The summed E-state index contributed by atoms with van der Waals surface area (Å²) < 4.78 is 5.48. The Morgan fingerprint density at radius 1 is 1.22 bits per heavy atom. The van der Waals surface area contributed by atoms with E-state index >= 15 is 0 Å². The van der Waals surface area contributed by atoms with E-state index in [1.165, 1.54) is 13.8 Å². The lowest BCUT2D eigenvalue weighted by molar-refractivity contribution is -0.127. The Kier molecular flexibility index (Phi) is 5.17. The Morgan fingerprint density at radius 3 is 2.33 bits per heavy atom. The summed E-state index contributed by atoms with van der Waals surface area (Å²) in [6.07, 6.45) is 0. The van der Waals surface area contributed by atoms with Crippen LogP contribution in [0.15, 0.2) is 24.3 Å². The van der Waals surface area contributed by atoms with Crippen LogP contribution in [0.3, 0.4) is 0 Å². The number of nitrogens with zero attached hydrogens (tertiary/aromatic N) is 1. The molecule has 0 aromatic heterocycles. The van der Waals surface area contributed by atoms with E-state index in [1.807, 2.05) is 0 Å². The first-order valence-electron chi connectivity index (χ1n) is 5.71. The summed E-state index contributed by atoms with van der Waals surface area (Å²) in [5.41, 5.74) is 0.732. The third-order valence-corrected chi connectivity index (χ3v) is 2.41. The number of hydrogen-bond acceptors (Lipinski definition) is 3. The molecular weight excluding hydrogens is 232 g/mol. The molecule has 0 aliphatic heterocycles. The minimum Gasteiger partial charge on any atom is -0.492 e. The Hall–Kier alpha value is -2.04. The number of nitrogens with one attached hydrogen (secondary N) is 1. The summed E-state index contributed by atoms with van der Waals surface area (Å²) >= 11 is 0. The molecule has 0 spiro atoms. The fraction of sp³-hybridized carbons (Fsp3) is 0.385. The largest absolute Gasteiger partial charge is 0.492 e. The molecule has 98 valence electrons. The molecule has 1 N–H and O–H groups in total. The second-order valence-electron chi connectivity index (χ2n) is 3.99. The quantitative estimate of drug-likeness (QED) is 0.861. The van der Waals surface area contributed by atoms with Gasteiger partial charge in [0.25, 0.3) is 0 Å². The summed E-state index contributed by atoms with van der Waals surface area (Å²) in [4.78, 5) is 23.4. The van der Waals surface area contributed by atoms with E-state index in [4.69, 9.17) is 4.74 Å². The summed E-state index contributed by atoms with van der Waals surface area (Å²) in [5.74, 6) is 0.618. The number of benzene rings is 1. The van der Waals surface area contributed by atoms with E-state index in [9.17, 15) is 9.59 Å². The van der Waals surface area contributed by atoms with Gasteiger partial charge in [-0.1, -0.05) is 0 Å². The maximum atomic E-state index is 11.0. The first kappa shape index (κ1) is 14.0. The number of hydrogen-bond donors (Lipinski definition) is 1. The molecule has 0 heterocycles. The van der Waals surface area contributed by atoms with Crippen LogP contribution in [0.4, 0.5) is 5.69 Å². The average molecular weight is 250 g/mol. The minimum absolute atomic E-state index is 0.0135. The maximum absolute atomic E-state index is 11.0. The van der Waals surface area contributed by atoms with Crippen LogP contribution in [-0.2, 0) is 9.59 Å². The van der Waals surface area contributed by atoms with Crippen molar-refractivity contribution in [3.63, 3.8) is 0 Å². The Bertz CT molecular complexity index is 415. The standard InChI is InChI=1S/C13H18N2O3/c1-10(16)14-12-4-6-13(7-5-12)18-9-8-15(3)11(2)17/h4-7H,8-9H2,1-3H3,(H,14,16). The van der Waals surface area contributed by atoms with Crippen LogP contribution in [-0.4, -0.2) is 36.9 Å². The SMILES string of the molecule is CC(=O)Nc1ccc(OCCN(C)C(C)=O)cc1. The van der Waals surface area contributed by atoms with E-state index < -0.39 is 0 Å². The summed E-state index contributed by atoms with van der Waals surface area (Å²) in [6, 6.07) is 7.09. The lowest BCUT2D eigenvalue weighted by atomic mass is 10.3. The molecule has 1 aromatic carbocycles. The van der Waals surface area contributed by atoms with Gasteiger partial charge in [0.1, 0.15) is 12.4 Å². The lowest BCUT2D eigenvalue weighted by Gasteiger charge is -2.15. The van der Waals surface area contributed by atoms with E-state index in [0.29, 0.717) is 18.9 Å². The number of anilines is 1. The van der Waals surface area contributed by atoms with Crippen LogP contribution < -0.4 is 10.1 Å². The van der Waals surface area contributed by atoms with Gasteiger partial charge in [-0.15, -0.1) is 0 Å². The van der Waals surface area contributed by atoms with Crippen molar-refractivity contribution in [2.75, 3.05) is 25.5 Å². The molecule has 2 amide bonds. The van der Waals surface area contributed by atoms with Crippen molar-refractivity contribution in [3.05, 3.63) is 24.3 Å². The van der Waals surface area contributed by atoms with Crippen molar-refractivity contribution >= 4 is 17.5 Å². The average Bonchev–Trinajstić information content (AvgIpc) is 2.30. The maximum Gasteiger partial charge on any atom is 0.221 e. The minimum atomic E-state index is -0.105. The number of likely N-dealkylation sites (N-methyl/N-ethyl adjacent to an activating group) is 1. The predicted octanol–water partition coefficient (Wildman–Crippen LogP) is 1.50. The second kappa shape index (κ2) is 6.64. The van der Waals surface area contributed by atoms with E-state index in [1.54, 1.807) is 36.2 Å². The van der Waals surface area contributed by atoms with Crippen LogP contribution in [0, 0.1) is 0 Å². The predicted molar refractivity (Wildman–Crippen MR) is 69.6 cm³/mol. The smallest absolute Gasteiger partial charge is 0.221 e. The first-order chi connectivity index (χ1) is 8.49. The van der Waals surface area contributed by atoms with Crippen molar-refractivity contribution in [1.82, 2.24) is 4.90 Å². The highest BCUT2D eigenvalue weighted by Crippen LogP contribution is 2.15. The highest BCUT2D eigenvalue weighted by molar-refractivity contribution is 5.88. The molecule has 0 saturated heterocycles. The number of carbonyl (C=O) groups is 2. The van der Waals surface area contributed by atoms with Gasteiger partial charge in [-0.2, -0.15) is 0 Å². The zero-order valence-electron chi connectivity index (χ0n) is 10.9. The molecule has 5 nitrogen and oxygen atoms in total. The third-order valence-electron chi connectivity index (χ3n) is 2.41. The van der Waals surface area contributed by atoms with Gasteiger partial charge in [-0.25, -0.2) is 0 Å². The normalized spacial score (nSPS) is 9.72. The first-order valence-corrected chi connectivity index (χ1v) is 5.71. The van der Waals surface area contributed by atoms with Crippen LogP contribution in [0.2, 0.25) is 0 Å². The molecule has 0 unspecified atom stereocenters. The molecule has 1 rings (SSSR count). The van der Waals surface area contributed by atoms with Gasteiger partial charge >= 0.3 is 0 Å². The van der Waals surface area contributed by atoms with Gasteiger partial charge < -0.3 is 15.0 Å². The Morgan fingerprint density at radius 2 is 1.83 bits per heavy atom. The molecule has 0 fully saturated rings. The van der Waals surface area contributed by atoms with Gasteiger partial charge in [0.15, 0.2) is 0 Å². The number of rotatable bonds is 5. The topological polar surface area (TPSA) is 58.6 Å². The van der Waals surface area contributed by atoms with Crippen LogP contribution in [0.5, 0.6) is 5.75 Å². The second-order valence-corrected chi connectivity index (χ2v) is 3.99. The number of amides is 2. The molecule has 0 aliphatic carbocycles. The summed E-state index contributed by atoms with van der Waals surface area (Å²) in [7, 11) is 1.73. The van der Waals surface area contributed by atoms with Crippen molar-refractivity contribution in [2.45, 2.75) is 13.8 Å². The summed E-state index contributed by atoms with van der Waals surface area (Å²) in [5, 5.41) is 2.67. The van der Waals surface area contributed by atoms with E-state index in [2.05, 4.69) is 5.32 Å². The fourth-order valence-electron chi connectivity index (χ4n) is 1.30. The van der Waals surface area contributed by atoms with Crippen LogP contribution in [0.1, 0.15) is 13.8 Å². The Balaban J connectivity index is 2.39. The highest BCUT2D eigenvalue weighted by Gasteiger charge is 2.02. The van der Waals surface area contributed by atoms with Gasteiger partial charge in [-0.3, -0.25) is 9.59 Å². The van der Waals surface area contributed by atoms with E-state index in [-0.39, 0.29) is 11.8 Å². The van der Waals surface area contributed by atoms with Crippen LogP contribution >= 0.6 is 0 Å².